The number of nitrogens with one attached hydrogen (secondary N) is 2. The van der Waals surface area contributed by atoms with Crippen LogP contribution in [-0.2, 0) is 0 Å². The van der Waals surface area contributed by atoms with E-state index >= 15 is 0 Å². The second-order valence-corrected chi connectivity index (χ2v) is 5.26. The molecule has 1 heterocycles. The van der Waals surface area contributed by atoms with Gasteiger partial charge in [-0.3, -0.25) is 4.79 Å². The Kier molecular flexibility index (Phi) is 5.04. The van der Waals surface area contributed by atoms with E-state index in [9.17, 15) is 13.6 Å². The smallest absolute Gasteiger partial charge is 0.269 e. The van der Waals surface area contributed by atoms with Crippen molar-refractivity contribution in [3.63, 3.8) is 0 Å². The molecule has 6 heteroatoms. The Bertz CT molecular complexity index is 637. The number of hydrogen-bond donors (Lipinski definition) is 2. The van der Waals surface area contributed by atoms with E-state index in [1.807, 2.05) is 13.8 Å². The normalized spacial score (nSPS) is 10.6. The van der Waals surface area contributed by atoms with Crippen LogP contribution in [0.25, 0.3) is 0 Å². The van der Waals surface area contributed by atoms with Crippen molar-refractivity contribution in [1.82, 2.24) is 10.3 Å². The Morgan fingerprint density at radius 3 is 2.41 bits per heavy atom. The minimum Gasteiger partial charge on any atom is -0.350 e. The van der Waals surface area contributed by atoms with Crippen molar-refractivity contribution in [3.05, 3.63) is 53.9 Å². The molecule has 0 aliphatic rings. The molecule has 0 bridgehead atoms. The van der Waals surface area contributed by atoms with Gasteiger partial charge in [0, 0.05) is 6.54 Å². The van der Waals surface area contributed by atoms with Gasteiger partial charge in [0.25, 0.3) is 5.91 Å². The van der Waals surface area contributed by atoms with E-state index in [0.29, 0.717) is 18.2 Å². The van der Waals surface area contributed by atoms with Gasteiger partial charge in [0.15, 0.2) is 0 Å². The number of pyridine rings is 1. The fraction of sp³-hybridized carbons (Fsp3) is 0.250. The summed E-state index contributed by atoms with van der Waals surface area (Å²) in [5, 5.41) is 5.36. The number of aromatic nitrogens is 1. The SMILES string of the molecule is CC(C)CNC(=O)c1ccc(Nc2c(F)cccc2F)cn1. The molecule has 1 aromatic carbocycles. The average molecular weight is 305 g/mol. The highest BCUT2D eigenvalue weighted by Crippen LogP contribution is 2.22. The number of amides is 1. The van der Waals surface area contributed by atoms with E-state index in [2.05, 4.69) is 15.6 Å². The molecule has 2 N–H and O–H groups in total. The fourth-order valence-corrected chi connectivity index (χ4v) is 1.75. The minimum atomic E-state index is -0.696. The molecule has 1 amide bonds. The van der Waals surface area contributed by atoms with E-state index in [-0.39, 0.29) is 17.3 Å². The summed E-state index contributed by atoms with van der Waals surface area (Å²) in [4.78, 5) is 15.8. The van der Waals surface area contributed by atoms with Gasteiger partial charge in [-0.05, 0) is 30.2 Å². The summed E-state index contributed by atoms with van der Waals surface area (Å²) < 4.78 is 27.1. The summed E-state index contributed by atoms with van der Waals surface area (Å²) in [6.45, 7) is 4.54. The van der Waals surface area contributed by atoms with E-state index in [1.54, 1.807) is 6.07 Å². The minimum absolute atomic E-state index is 0.249. The van der Waals surface area contributed by atoms with Gasteiger partial charge in [-0.15, -0.1) is 0 Å². The quantitative estimate of drug-likeness (QED) is 0.889. The van der Waals surface area contributed by atoms with Gasteiger partial charge < -0.3 is 10.6 Å². The first-order valence-corrected chi connectivity index (χ1v) is 6.92. The predicted octanol–water partition coefficient (Wildman–Crippen LogP) is 3.49. The Morgan fingerprint density at radius 1 is 1.18 bits per heavy atom. The second kappa shape index (κ2) is 6.98. The van der Waals surface area contributed by atoms with Crippen LogP contribution >= 0.6 is 0 Å². The molecule has 2 aromatic rings. The third-order valence-electron chi connectivity index (χ3n) is 2.90. The van der Waals surface area contributed by atoms with Gasteiger partial charge in [0.05, 0.1) is 11.9 Å². The number of halogens is 2. The van der Waals surface area contributed by atoms with Gasteiger partial charge >= 0.3 is 0 Å². The van der Waals surface area contributed by atoms with Crippen molar-refractivity contribution in [2.24, 2.45) is 5.92 Å². The van der Waals surface area contributed by atoms with Gasteiger partial charge in [0.1, 0.15) is 23.0 Å². The van der Waals surface area contributed by atoms with Gasteiger partial charge in [-0.25, -0.2) is 13.8 Å². The van der Waals surface area contributed by atoms with Crippen LogP contribution in [0.3, 0.4) is 0 Å². The molecule has 0 atom stereocenters. The van der Waals surface area contributed by atoms with Gasteiger partial charge in [0.2, 0.25) is 0 Å². The van der Waals surface area contributed by atoms with Crippen LogP contribution in [0.15, 0.2) is 36.5 Å². The van der Waals surface area contributed by atoms with E-state index in [4.69, 9.17) is 0 Å². The van der Waals surface area contributed by atoms with E-state index < -0.39 is 11.6 Å². The summed E-state index contributed by atoms with van der Waals surface area (Å²) in [6, 6.07) is 6.65. The predicted molar refractivity (Wildman–Crippen MR) is 81.0 cm³/mol. The largest absolute Gasteiger partial charge is 0.350 e. The van der Waals surface area contributed by atoms with E-state index in [1.165, 1.54) is 18.3 Å². The summed E-state index contributed by atoms with van der Waals surface area (Å²) >= 11 is 0. The third kappa shape index (κ3) is 4.00. The molecule has 0 aliphatic carbocycles. The molecular weight excluding hydrogens is 288 g/mol. The van der Waals surface area contributed by atoms with Crippen molar-refractivity contribution in [3.8, 4) is 0 Å². The fourth-order valence-electron chi connectivity index (χ4n) is 1.75. The molecular formula is C16H17F2N3O. The number of para-hydroxylation sites is 1. The highest BCUT2D eigenvalue weighted by atomic mass is 19.1. The molecule has 1 aromatic heterocycles. The van der Waals surface area contributed by atoms with Gasteiger partial charge in [-0.2, -0.15) is 0 Å². The Morgan fingerprint density at radius 2 is 1.86 bits per heavy atom. The molecule has 0 fully saturated rings. The molecule has 22 heavy (non-hydrogen) atoms. The molecule has 0 saturated heterocycles. The standard InChI is InChI=1S/C16H17F2N3O/c1-10(2)8-20-16(22)14-7-6-11(9-19-14)21-15-12(17)4-3-5-13(15)18/h3-7,9-10,21H,8H2,1-2H3,(H,20,22). The van der Waals surface area contributed by atoms with Gasteiger partial charge in [-0.1, -0.05) is 19.9 Å². The van der Waals surface area contributed by atoms with Crippen molar-refractivity contribution < 1.29 is 13.6 Å². The van der Waals surface area contributed by atoms with Crippen LogP contribution in [0.1, 0.15) is 24.3 Å². The number of carbonyl (C=O) groups excluding carboxylic acids is 1. The van der Waals surface area contributed by atoms with Crippen LogP contribution in [0.5, 0.6) is 0 Å². The lowest BCUT2D eigenvalue weighted by molar-refractivity contribution is 0.0944. The maximum Gasteiger partial charge on any atom is 0.269 e. The first-order chi connectivity index (χ1) is 10.5. The Labute approximate surface area is 127 Å². The zero-order chi connectivity index (χ0) is 16.1. The van der Waals surface area contributed by atoms with Crippen LogP contribution < -0.4 is 10.6 Å². The number of nitrogens with zero attached hydrogens (tertiary/aromatic N) is 1. The Hall–Kier alpha value is -2.50. The monoisotopic (exact) mass is 305 g/mol. The molecule has 116 valence electrons. The second-order valence-electron chi connectivity index (χ2n) is 5.26. The number of benzene rings is 1. The number of carbonyl (C=O) groups is 1. The lowest BCUT2D eigenvalue weighted by atomic mass is 10.2. The molecule has 4 nitrogen and oxygen atoms in total. The van der Waals surface area contributed by atoms with Crippen molar-refractivity contribution in [2.75, 3.05) is 11.9 Å². The zero-order valence-electron chi connectivity index (χ0n) is 12.4. The highest BCUT2D eigenvalue weighted by Gasteiger charge is 2.10. The molecule has 0 unspecified atom stereocenters. The van der Waals surface area contributed by atoms with E-state index in [0.717, 1.165) is 12.1 Å². The molecule has 0 radical (unpaired) electrons. The summed E-state index contributed by atoms with van der Waals surface area (Å²) in [5.41, 5.74) is 0.394. The maximum absolute atomic E-state index is 13.5. The number of anilines is 2. The average Bonchev–Trinajstić information content (AvgIpc) is 2.49. The highest BCUT2D eigenvalue weighted by molar-refractivity contribution is 5.92. The lowest BCUT2D eigenvalue weighted by Crippen LogP contribution is -2.27. The summed E-state index contributed by atoms with van der Waals surface area (Å²) in [6.07, 6.45) is 1.36. The topological polar surface area (TPSA) is 54.0 Å². The van der Waals surface area contributed by atoms with Crippen LogP contribution in [0.2, 0.25) is 0 Å². The van der Waals surface area contributed by atoms with Crippen LogP contribution in [0.4, 0.5) is 20.2 Å². The van der Waals surface area contributed by atoms with Crippen LogP contribution in [-0.4, -0.2) is 17.4 Å². The summed E-state index contributed by atoms with van der Waals surface area (Å²) in [5.74, 6) is -1.33. The van der Waals surface area contributed by atoms with Crippen molar-refractivity contribution in [1.29, 1.82) is 0 Å². The number of hydrogen-bond acceptors (Lipinski definition) is 3. The molecule has 0 aliphatic heterocycles. The molecule has 2 rings (SSSR count). The molecule has 0 saturated carbocycles. The zero-order valence-corrected chi connectivity index (χ0v) is 12.4. The first-order valence-electron chi connectivity index (χ1n) is 6.92. The third-order valence-corrected chi connectivity index (χ3v) is 2.90. The van der Waals surface area contributed by atoms with Crippen molar-refractivity contribution in [2.45, 2.75) is 13.8 Å². The Balaban J connectivity index is 2.08. The van der Waals surface area contributed by atoms with Crippen molar-refractivity contribution >= 4 is 17.3 Å². The maximum atomic E-state index is 13.5. The summed E-state index contributed by atoms with van der Waals surface area (Å²) in [7, 11) is 0. The first kappa shape index (κ1) is 15.9. The number of rotatable bonds is 5. The lowest BCUT2D eigenvalue weighted by Gasteiger charge is -2.10. The molecule has 0 spiro atoms. The van der Waals surface area contributed by atoms with Crippen LogP contribution in [0, 0.1) is 17.6 Å².